The fourth-order valence-corrected chi connectivity index (χ4v) is 3.70. The molecule has 1 saturated heterocycles. The molecule has 1 aliphatic carbocycles. The highest BCUT2D eigenvalue weighted by Gasteiger charge is 2.42. The highest BCUT2D eigenvalue weighted by Crippen LogP contribution is 2.40. The zero-order chi connectivity index (χ0) is 16.1. The molecule has 0 aromatic heterocycles. The van der Waals surface area contributed by atoms with E-state index in [1.54, 1.807) is 0 Å². The molecule has 3 rings (SSSR count). The normalized spacial score (nSPS) is 25.1. The van der Waals surface area contributed by atoms with Crippen LogP contribution in [0, 0.1) is 11.8 Å². The third-order valence-electron chi connectivity index (χ3n) is 4.86. The third-order valence-corrected chi connectivity index (χ3v) is 4.86. The monoisotopic (exact) mass is 297 g/mol. The first-order chi connectivity index (χ1) is 10.3. The summed E-state index contributed by atoms with van der Waals surface area (Å²) in [6, 6.07) is 6.10. The second kappa shape index (κ2) is 5.08. The van der Waals surface area contributed by atoms with Crippen molar-refractivity contribution in [2.45, 2.75) is 45.4 Å². The average Bonchev–Trinajstić information content (AvgIpc) is 2.75. The lowest BCUT2D eigenvalue weighted by Gasteiger charge is -2.27. The molecular formula is C19H23NO2. The number of fused-ring (bicyclic) bond motifs is 1. The molecular weight excluding hydrogens is 274 g/mol. The average molecular weight is 297 g/mol. The van der Waals surface area contributed by atoms with Gasteiger partial charge in [-0.2, -0.15) is 0 Å². The molecule has 3 nitrogen and oxygen atoms in total. The van der Waals surface area contributed by atoms with Crippen LogP contribution in [0.4, 0.5) is 0 Å². The predicted octanol–water partition coefficient (Wildman–Crippen LogP) is 3.38. The number of nitrogens with one attached hydrogen (secondary N) is 1. The Bertz CT molecular complexity index is 667. The van der Waals surface area contributed by atoms with Crippen molar-refractivity contribution in [3.8, 4) is 0 Å². The number of hydrogen-bond donors (Lipinski definition) is 1. The number of benzene rings is 1. The Morgan fingerprint density at radius 1 is 1.18 bits per heavy atom. The highest BCUT2D eigenvalue weighted by atomic mass is 16.2. The Balaban J connectivity index is 1.95. The number of amides is 1. The first-order valence-corrected chi connectivity index (χ1v) is 7.94. The van der Waals surface area contributed by atoms with Crippen molar-refractivity contribution >= 4 is 11.7 Å². The van der Waals surface area contributed by atoms with Gasteiger partial charge in [0.2, 0.25) is 5.91 Å². The van der Waals surface area contributed by atoms with E-state index in [0.29, 0.717) is 6.42 Å². The number of allylic oxidation sites excluding steroid dienone is 1. The Morgan fingerprint density at radius 3 is 2.55 bits per heavy atom. The second-order valence-corrected chi connectivity index (χ2v) is 7.50. The fraction of sp³-hybridized carbons (Fsp3) is 0.474. The van der Waals surface area contributed by atoms with Crippen molar-refractivity contribution in [2.24, 2.45) is 11.8 Å². The summed E-state index contributed by atoms with van der Waals surface area (Å²) in [5, 5.41) is 2.81. The van der Waals surface area contributed by atoms with Crippen LogP contribution < -0.4 is 5.32 Å². The van der Waals surface area contributed by atoms with Crippen LogP contribution in [0.2, 0.25) is 0 Å². The molecule has 1 aromatic rings. The Morgan fingerprint density at radius 2 is 1.91 bits per heavy atom. The van der Waals surface area contributed by atoms with Gasteiger partial charge >= 0.3 is 0 Å². The Hall–Kier alpha value is -1.90. The third kappa shape index (κ3) is 2.39. The second-order valence-electron chi connectivity index (χ2n) is 7.50. The van der Waals surface area contributed by atoms with Crippen molar-refractivity contribution in [3.63, 3.8) is 0 Å². The van der Waals surface area contributed by atoms with E-state index in [2.05, 4.69) is 32.7 Å². The van der Waals surface area contributed by atoms with Gasteiger partial charge in [-0.3, -0.25) is 9.59 Å². The van der Waals surface area contributed by atoms with Gasteiger partial charge in [0.1, 0.15) is 0 Å². The summed E-state index contributed by atoms with van der Waals surface area (Å²) < 4.78 is 0. The van der Waals surface area contributed by atoms with Crippen LogP contribution in [-0.2, 0) is 16.6 Å². The van der Waals surface area contributed by atoms with Crippen LogP contribution in [0.1, 0.15) is 55.1 Å². The Labute approximate surface area is 131 Å². The maximum absolute atomic E-state index is 13.0. The molecule has 2 unspecified atom stereocenters. The molecule has 116 valence electrons. The molecule has 1 N–H and O–H groups in total. The maximum atomic E-state index is 13.0. The SMILES string of the molecule is C=C1CCC(C2Cc3cccc(C(C)(C)C)c3C2=O)C(=O)N1. The predicted molar refractivity (Wildman–Crippen MR) is 86.7 cm³/mol. The zero-order valence-electron chi connectivity index (χ0n) is 13.5. The number of piperidine rings is 1. The van der Waals surface area contributed by atoms with Crippen LogP contribution in [-0.4, -0.2) is 11.7 Å². The first-order valence-electron chi connectivity index (χ1n) is 7.94. The summed E-state index contributed by atoms with van der Waals surface area (Å²) in [6.45, 7) is 10.2. The van der Waals surface area contributed by atoms with Gasteiger partial charge < -0.3 is 5.32 Å². The Kier molecular flexibility index (Phi) is 3.47. The zero-order valence-corrected chi connectivity index (χ0v) is 13.5. The van der Waals surface area contributed by atoms with E-state index in [1.807, 2.05) is 18.2 Å². The summed E-state index contributed by atoms with van der Waals surface area (Å²) in [6.07, 6.45) is 2.17. The minimum atomic E-state index is -0.224. The van der Waals surface area contributed by atoms with Gasteiger partial charge in [0.05, 0.1) is 0 Å². The van der Waals surface area contributed by atoms with Crippen molar-refractivity contribution < 1.29 is 9.59 Å². The van der Waals surface area contributed by atoms with Gasteiger partial charge in [0.25, 0.3) is 0 Å². The molecule has 0 bridgehead atoms. The number of carbonyl (C=O) groups excluding carboxylic acids is 2. The van der Waals surface area contributed by atoms with Gasteiger partial charge in [-0.25, -0.2) is 0 Å². The summed E-state index contributed by atoms with van der Waals surface area (Å²) in [4.78, 5) is 25.2. The molecule has 1 aromatic carbocycles. The van der Waals surface area contributed by atoms with Gasteiger partial charge in [-0.15, -0.1) is 0 Å². The molecule has 2 atom stereocenters. The van der Waals surface area contributed by atoms with Gasteiger partial charge in [0, 0.05) is 23.1 Å². The molecule has 1 fully saturated rings. The molecule has 1 heterocycles. The number of rotatable bonds is 1. The summed E-state index contributed by atoms with van der Waals surface area (Å²) >= 11 is 0. The maximum Gasteiger partial charge on any atom is 0.227 e. The largest absolute Gasteiger partial charge is 0.330 e. The first kappa shape index (κ1) is 15.0. The smallest absolute Gasteiger partial charge is 0.227 e. The van der Waals surface area contributed by atoms with Crippen molar-refractivity contribution in [1.82, 2.24) is 5.32 Å². The van der Waals surface area contributed by atoms with Gasteiger partial charge in [-0.1, -0.05) is 45.5 Å². The molecule has 1 aliphatic heterocycles. The van der Waals surface area contributed by atoms with E-state index in [-0.39, 0.29) is 28.9 Å². The molecule has 0 radical (unpaired) electrons. The minimum absolute atomic E-state index is 0.0419. The van der Waals surface area contributed by atoms with Crippen molar-refractivity contribution in [3.05, 3.63) is 47.2 Å². The van der Waals surface area contributed by atoms with E-state index >= 15 is 0 Å². The van der Waals surface area contributed by atoms with Crippen LogP contribution in [0.25, 0.3) is 0 Å². The minimum Gasteiger partial charge on any atom is -0.330 e. The lowest BCUT2D eigenvalue weighted by molar-refractivity contribution is -0.126. The molecule has 22 heavy (non-hydrogen) atoms. The highest BCUT2D eigenvalue weighted by molar-refractivity contribution is 6.06. The van der Waals surface area contributed by atoms with Crippen LogP contribution in [0.5, 0.6) is 0 Å². The van der Waals surface area contributed by atoms with E-state index in [4.69, 9.17) is 0 Å². The molecule has 2 aliphatic rings. The fourth-order valence-electron chi connectivity index (χ4n) is 3.70. The van der Waals surface area contributed by atoms with Crippen LogP contribution in [0.15, 0.2) is 30.5 Å². The molecule has 0 spiro atoms. The van der Waals surface area contributed by atoms with E-state index in [1.165, 1.54) is 0 Å². The quantitative estimate of drug-likeness (QED) is 0.863. The summed E-state index contributed by atoms with van der Waals surface area (Å²) in [5.74, 6) is -0.335. The number of Topliss-reactive ketones (excluding diaryl/α,β-unsaturated/α-hetero) is 1. The summed E-state index contributed by atoms with van der Waals surface area (Å²) in [5.41, 5.74) is 3.74. The molecule has 0 saturated carbocycles. The lowest BCUT2D eigenvalue weighted by atomic mass is 9.80. The van der Waals surface area contributed by atoms with E-state index in [0.717, 1.165) is 35.2 Å². The molecule has 1 amide bonds. The standard InChI is InChI=1S/C19H23NO2/c1-11-8-9-13(18(22)20-11)14-10-12-6-5-7-15(19(2,3)4)16(12)17(14)21/h5-7,13-14H,1,8-10H2,2-4H3,(H,20,22). The van der Waals surface area contributed by atoms with Gasteiger partial charge in [0.15, 0.2) is 5.78 Å². The van der Waals surface area contributed by atoms with E-state index in [9.17, 15) is 9.59 Å². The van der Waals surface area contributed by atoms with E-state index < -0.39 is 0 Å². The summed E-state index contributed by atoms with van der Waals surface area (Å²) in [7, 11) is 0. The lowest BCUT2D eigenvalue weighted by Crippen LogP contribution is -2.40. The van der Waals surface area contributed by atoms with Gasteiger partial charge in [-0.05, 0) is 35.8 Å². The van der Waals surface area contributed by atoms with Crippen LogP contribution >= 0.6 is 0 Å². The van der Waals surface area contributed by atoms with Crippen LogP contribution in [0.3, 0.4) is 0 Å². The van der Waals surface area contributed by atoms with Crippen molar-refractivity contribution in [2.75, 3.05) is 0 Å². The number of ketones is 1. The topological polar surface area (TPSA) is 46.2 Å². The molecule has 3 heteroatoms. The number of carbonyl (C=O) groups is 2. The van der Waals surface area contributed by atoms with Crippen molar-refractivity contribution in [1.29, 1.82) is 0 Å². The number of hydrogen-bond acceptors (Lipinski definition) is 2.